The molecule has 0 saturated carbocycles. The lowest BCUT2D eigenvalue weighted by Gasteiger charge is -2.07. The molecular weight excluding hydrogens is 273 g/mol. The van der Waals surface area contributed by atoms with Crippen molar-refractivity contribution in [3.05, 3.63) is 35.1 Å². The Morgan fingerprint density at radius 3 is 2.71 bits per heavy atom. The van der Waals surface area contributed by atoms with Crippen molar-refractivity contribution >= 4 is 0 Å². The number of hydrogen-bond donors (Lipinski definition) is 1. The van der Waals surface area contributed by atoms with E-state index in [1.807, 2.05) is 0 Å². The van der Waals surface area contributed by atoms with Gasteiger partial charge in [0.1, 0.15) is 5.82 Å². The second-order valence-corrected chi connectivity index (χ2v) is 4.32. The molecule has 0 bridgehead atoms. The summed E-state index contributed by atoms with van der Waals surface area (Å²) in [5, 5.41) is 0. The van der Waals surface area contributed by atoms with Gasteiger partial charge in [-0.1, -0.05) is 17.9 Å². The van der Waals surface area contributed by atoms with Gasteiger partial charge in [-0.2, -0.15) is 0 Å². The summed E-state index contributed by atoms with van der Waals surface area (Å²) in [6, 6.07) is 4.49. The van der Waals surface area contributed by atoms with Gasteiger partial charge in [0.2, 0.25) is 0 Å². The fourth-order valence-corrected chi connectivity index (χ4v) is 1.63. The molecule has 0 unspecified atom stereocenters. The molecule has 0 aliphatic carbocycles. The SMILES string of the molecule is COCCOCCCOCc1ccc(F)cc1C#CCN. The first-order valence-corrected chi connectivity index (χ1v) is 6.89. The standard InChI is InChI=1S/C16H22FNO3/c1-19-10-11-20-8-3-9-21-13-15-5-6-16(17)12-14(15)4-2-7-18/h5-6,12H,3,7-11,13,18H2,1H3. The van der Waals surface area contributed by atoms with E-state index in [1.165, 1.54) is 12.1 Å². The number of halogens is 1. The molecule has 0 spiro atoms. The van der Waals surface area contributed by atoms with Crippen LogP contribution >= 0.6 is 0 Å². The van der Waals surface area contributed by atoms with E-state index >= 15 is 0 Å². The minimum atomic E-state index is -0.313. The van der Waals surface area contributed by atoms with Gasteiger partial charge in [0.15, 0.2) is 0 Å². The molecule has 1 aromatic carbocycles. The second kappa shape index (κ2) is 11.2. The molecule has 4 nitrogen and oxygen atoms in total. The Kier molecular flexibility index (Phi) is 9.42. The summed E-state index contributed by atoms with van der Waals surface area (Å²) in [5.41, 5.74) is 6.81. The maximum absolute atomic E-state index is 13.2. The molecule has 0 heterocycles. The van der Waals surface area contributed by atoms with Crippen LogP contribution in [0.15, 0.2) is 18.2 Å². The topological polar surface area (TPSA) is 53.7 Å². The van der Waals surface area contributed by atoms with Crippen molar-refractivity contribution in [1.82, 2.24) is 0 Å². The van der Waals surface area contributed by atoms with Crippen molar-refractivity contribution in [2.75, 3.05) is 40.1 Å². The Morgan fingerprint density at radius 1 is 1.14 bits per heavy atom. The predicted molar refractivity (Wildman–Crippen MR) is 79.3 cm³/mol. The van der Waals surface area contributed by atoms with Crippen molar-refractivity contribution in [3.8, 4) is 11.8 Å². The number of ether oxygens (including phenoxy) is 3. The second-order valence-electron chi connectivity index (χ2n) is 4.32. The normalized spacial score (nSPS) is 10.2. The molecule has 0 fully saturated rings. The zero-order valence-corrected chi connectivity index (χ0v) is 12.4. The minimum absolute atomic E-state index is 0.246. The first-order chi connectivity index (χ1) is 10.3. The number of hydrogen-bond acceptors (Lipinski definition) is 4. The van der Waals surface area contributed by atoms with Crippen LogP contribution in [0.2, 0.25) is 0 Å². The van der Waals surface area contributed by atoms with E-state index in [0.29, 0.717) is 38.6 Å². The van der Waals surface area contributed by atoms with E-state index in [9.17, 15) is 4.39 Å². The Morgan fingerprint density at radius 2 is 1.95 bits per heavy atom. The van der Waals surface area contributed by atoms with Gasteiger partial charge in [0, 0.05) is 25.9 Å². The van der Waals surface area contributed by atoms with E-state index in [0.717, 1.165) is 12.0 Å². The number of rotatable bonds is 9. The average Bonchev–Trinajstić information content (AvgIpc) is 2.49. The van der Waals surface area contributed by atoms with Crippen molar-refractivity contribution in [1.29, 1.82) is 0 Å². The lowest BCUT2D eigenvalue weighted by atomic mass is 10.1. The molecular formula is C16H22FNO3. The van der Waals surface area contributed by atoms with Crippen LogP contribution in [-0.4, -0.2) is 40.1 Å². The smallest absolute Gasteiger partial charge is 0.124 e. The minimum Gasteiger partial charge on any atom is -0.382 e. The highest BCUT2D eigenvalue weighted by atomic mass is 19.1. The van der Waals surface area contributed by atoms with Crippen LogP contribution in [0, 0.1) is 17.7 Å². The van der Waals surface area contributed by atoms with Crippen LogP contribution in [0.25, 0.3) is 0 Å². The molecule has 0 atom stereocenters. The largest absolute Gasteiger partial charge is 0.382 e. The molecule has 0 radical (unpaired) electrons. The average molecular weight is 295 g/mol. The fourth-order valence-electron chi connectivity index (χ4n) is 1.63. The maximum atomic E-state index is 13.2. The number of benzene rings is 1. The summed E-state index contributed by atoms with van der Waals surface area (Å²) in [5.74, 6) is 5.27. The molecule has 1 aromatic rings. The third-order valence-electron chi connectivity index (χ3n) is 2.66. The summed E-state index contributed by atoms with van der Waals surface area (Å²) >= 11 is 0. The van der Waals surface area contributed by atoms with Crippen LogP contribution in [0.4, 0.5) is 4.39 Å². The van der Waals surface area contributed by atoms with Gasteiger partial charge in [-0.3, -0.25) is 0 Å². The van der Waals surface area contributed by atoms with Gasteiger partial charge >= 0.3 is 0 Å². The lowest BCUT2D eigenvalue weighted by Crippen LogP contribution is -2.06. The van der Waals surface area contributed by atoms with E-state index in [-0.39, 0.29) is 12.4 Å². The van der Waals surface area contributed by atoms with Crippen molar-refractivity contribution in [2.45, 2.75) is 13.0 Å². The van der Waals surface area contributed by atoms with Crippen molar-refractivity contribution in [2.24, 2.45) is 5.73 Å². The summed E-state index contributed by atoms with van der Waals surface area (Å²) in [6.07, 6.45) is 0.800. The van der Waals surface area contributed by atoms with Crippen LogP contribution < -0.4 is 5.73 Å². The molecule has 1 rings (SSSR count). The van der Waals surface area contributed by atoms with Crippen LogP contribution in [0.3, 0.4) is 0 Å². The molecule has 0 aliphatic rings. The highest BCUT2D eigenvalue weighted by Gasteiger charge is 2.02. The summed E-state index contributed by atoms with van der Waals surface area (Å²) in [6.45, 7) is 3.04. The monoisotopic (exact) mass is 295 g/mol. The third kappa shape index (κ3) is 7.78. The Bertz CT molecular complexity index is 468. The fraction of sp³-hybridized carbons (Fsp3) is 0.500. The Hall–Kier alpha value is -1.45. The molecule has 21 heavy (non-hydrogen) atoms. The number of methoxy groups -OCH3 is 1. The summed E-state index contributed by atoms with van der Waals surface area (Å²) in [4.78, 5) is 0. The van der Waals surface area contributed by atoms with Gasteiger partial charge in [0.05, 0.1) is 26.4 Å². The van der Waals surface area contributed by atoms with E-state index in [2.05, 4.69) is 11.8 Å². The highest BCUT2D eigenvalue weighted by Crippen LogP contribution is 2.11. The summed E-state index contributed by atoms with van der Waals surface area (Å²) < 4.78 is 29.0. The van der Waals surface area contributed by atoms with Crippen LogP contribution in [0.1, 0.15) is 17.5 Å². The van der Waals surface area contributed by atoms with Gasteiger partial charge < -0.3 is 19.9 Å². The lowest BCUT2D eigenvalue weighted by molar-refractivity contribution is 0.0483. The van der Waals surface area contributed by atoms with Gasteiger partial charge in [-0.05, 0) is 24.1 Å². The van der Waals surface area contributed by atoms with E-state index in [4.69, 9.17) is 19.9 Å². The van der Waals surface area contributed by atoms with Gasteiger partial charge in [0.25, 0.3) is 0 Å². The zero-order valence-electron chi connectivity index (χ0n) is 12.4. The molecule has 116 valence electrons. The van der Waals surface area contributed by atoms with Crippen molar-refractivity contribution in [3.63, 3.8) is 0 Å². The maximum Gasteiger partial charge on any atom is 0.124 e. The van der Waals surface area contributed by atoms with Gasteiger partial charge in [-0.15, -0.1) is 0 Å². The van der Waals surface area contributed by atoms with Crippen LogP contribution in [-0.2, 0) is 20.8 Å². The Balaban J connectivity index is 2.31. The summed E-state index contributed by atoms with van der Waals surface area (Å²) in [7, 11) is 1.64. The molecule has 0 aromatic heterocycles. The van der Waals surface area contributed by atoms with E-state index in [1.54, 1.807) is 13.2 Å². The first-order valence-electron chi connectivity index (χ1n) is 6.89. The zero-order chi connectivity index (χ0) is 15.3. The first kappa shape index (κ1) is 17.6. The predicted octanol–water partition coefficient (Wildman–Crippen LogP) is 1.71. The van der Waals surface area contributed by atoms with Gasteiger partial charge in [-0.25, -0.2) is 4.39 Å². The quantitative estimate of drug-likeness (QED) is 0.556. The molecule has 0 saturated heterocycles. The highest BCUT2D eigenvalue weighted by molar-refractivity contribution is 5.41. The third-order valence-corrected chi connectivity index (χ3v) is 2.66. The molecule has 5 heteroatoms. The van der Waals surface area contributed by atoms with Crippen LogP contribution in [0.5, 0.6) is 0 Å². The van der Waals surface area contributed by atoms with E-state index < -0.39 is 0 Å². The Labute approximate surface area is 125 Å². The number of nitrogens with two attached hydrogens (primary N) is 1. The molecule has 0 amide bonds. The molecule has 0 aliphatic heterocycles. The molecule has 2 N–H and O–H groups in total. The van der Waals surface area contributed by atoms with Crippen molar-refractivity contribution < 1.29 is 18.6 Å².